The molecule has 0 unspecified atom stereocenters. The van der Waals surface area contributed by atoms with Gasteiger partial charge in [-0.2, -0.15) is 0 Å². The first kappa shape index (κ1) is 12.3. The molecule has 0 aromatic carbocycles. The van der Waals surface area contributed by atoms with Gasteiger partial charge in [0.05, 0.1) is 6.54 Å². The van der Waals surface area contributed by atoms with Crippen molar-refractivity contribution in [3.05, 3.63) is 12.2 Å². The van der Waals surface area contributed by atoms with Gasteiger partial charge in [-0.1, -0.05) is 6.58 Å². The van der Waals surface area contributed by atoms with Gasteiger partial charge in [-0.05, 0) is 6.92 Å². The van der Waals surface area contributed by atoms with Crippen LogP contribution in [0.1, 0.15) is 13.8 Å². The Bertz CT molecular complexity index is 242. The van der Waals surface area contributed by atoms with E-state index in [0.717, 1.165) is 6.92 Å². The molecule has 5 nitrogen and oxygen atoms in total. The van der Waals surface area contributed by atoms with E-state index in [1.165, 1.54) is 6.92 Å². The molecule has 0 aliphatic heterocycles. The summed E-state index contributed by atoms with van der Waals surface area (Å²) in [5, 5.41) is 2.28. The highest BCUT2D eigenvalue weighted by atomic mass is 16.5. The highest BCUT2D eigenvalue weighted by Gasteiger charge is 2.06. The third-order valence-corrected chi connectivity index (χ3v) is 1.29. The lowest BCUT2D eigenvalue weighted by atomic mass is 10.4. The summed E-state index contributed by atoms with van der Waals surface area (Å²) in [6.07, 6.45) is 0. The second-order valence-corrected chi connectivity index (χ2v) is 2.73. The summed E-state index contributed by atoms with van der Waals surface area (Å²) in [5.74, 6) is -1.77. The van der Waals surface area contributed by atoms with Crippen LogP contribution < -0.4 is 5.32 Å². The second-order valence-electron chi connectivity index (χ2n) is 2.73. The van der Waals surface area contributed by atoms with Crippen LogP contribution in [0, 0.1) is 0 Å². The standard InChI is InChI=1S/C9H13NO4/c1-6(2)9(13)14-5-4-10-8(12)7(3)11/h1,4-5H2,2-3H3,(H,10,12). The Kier molecular flexibility index (Phi) is 5.21. The van der Waals surface area contributed by atoms with Crippen molar-refractivity contribution in [2.24, 2.45) is 0 Å². The number of Topliss-reactive ketones (excluding diaryl/α,β-unsaturated/α-hetero) is 1. The zero-order valence-electron chi connectivity index (χ0n) is 8.25. The molecule has 0 aliphatic rings. The lowest BCUT2D eigenvalue weighted by molar-refractivity contribution is -0.140. The zero-order valence-corrected chi connectivity index (χ0v) is 8.25. The van der Waals surface area contributed by atoms with E-state index in [2.05, 4.69) is 16.6 Å². The molecule has 0 spiro atoms. The molecule has 0 fully saturated rings. The Morgan fingerprint density at radius 3 is 2.29 bits per heavy atom. The number of rotatable bonds is 5. The Balaban J connectivity index is 3.57. The Labute approximate surface area is 82.1 Å². The number of hydrogen-bond donors (Lipinski definition) is 1. The Morgan fingerprint density at radius 2 is 1.86 bits per heavy atom. The summed E-state index contributed by atoms with van der Waals surface area (Å²) >= 11 is 0. The minimum Gasteiger partial charge on any atom is -0.460 e. The molecule has 0 heterocycles. The average molecular weight is 199 g/mol. The number of ether oxygens (including phenoxy) is 1. The molecule has 0 atom stereocenters. The quantitative estimate of drug-likeness (QED) is 0.288. The minimum absolute atomic E-state index is 0.0325. The Morgan fingerprint density at radius 1 is 1.29 bits per heavy atom. The van der Waals surface area contributed by atoms with Gasteiger partial charge in [0.25, 0.3) is 5.91 Å². The highest BCUT2D eigenvalue weighted by molar-refractivity contribution is 6.35. The average Bonchev–Trinajstić information content (AvgIpc) is 2.11. The van der Waals surface area contributed by atoms with Crippen molar-refractivity contribution in [1.82, 2.24) is 5.32 Å². The van der Waals surface area contributed by atoms with Crippen LogP contribution in [0.4, 0.5) is 0 Å². The Hall–Kier alpha value is -1.65. The van der Waals surface area contributed by atoms with Crippen LogP contribution in [-0.4, -0.2) is 30.8 Å². The van der Waals surface area contributed by atoms with Gasteiger partial charge < -0.3 is 10.1 Å². The van der Waals surface area contributed by atoms with Crippen molar-refractivity contribution in [2.75, 3.05) is 13.2 Å². The van der Waals surface area contributed by atoms with E-state index in [1.807, 2.05) is 0 Å². The van der Waals surface area contributed by atoms with E-state index >= 15 is 0 Å². The zero-order chi connectivity index (χ0) is 11.1. The van der Waals surface area contributed by atoms with Crippen LogP contribution in [0.15, 0.2) is 12.2 Å². The summed E-state index contributed by atoms with van der Waals surface area (Å²) in [5.41, 5.74) is 0.294. The number of carbonyl (C=O) groups excluding carboxylic acids is 3. The number of nitrogens with one attached hydrogen (secondary N) is 1. The molecule has 1 amide bonds. The van der Waals surface area contributed by atoms with Crippen molar-refractivity contribution in [1.29, 1.82) is 0 Å². The predicted octanol–water partition coefficient (Wildman–Crippen LogP) is -0.189. The van der Waals surface area contributed by atoms with E-state index in [4.69, 9.17) is 0 Å². The van der Waals surface area contributed by atoms with Crippen molar-refractivity contribution >= 4 is 17.7 Å². The van der Waals surface area contributed by atoms with E-state index in [9.17, 15) is 14.4 Å². The molecule has 0 saturated heterocycles. The minimum atomic E-state index is -0.684. The summed E-state index contributed by atoms with van der Waals surface area (Å²) in [4.78, 5) is 32.0. The number of ketones is 1. The van der Waals surface area contributed by atoms with E-state index in [0.29, 0.717) is 5.57 Å². The molecule has 1 N–H and O–H groups in total. The summed E-state index contributed by atoms with van der Waals surface area (Å²) in [7, 11) is 0. The third-order valence-electron chi connectivity index (χ3n) is 1.29. The number of amides is 1. The fourth-order valence-electron chi connectivity index (χ4n) is 0.556. The van der Waals surface area contributed by atoms with Crippen LogP contribution in [0.3, 0.4) is 0 Å². The van der Waals surface area contributed by atoms with Gasteiger partial charge in [0.1, 0.15) is 6.61 Å². The number of esters is 1. The molecule has 0 radical (unpaired) electrons. The van der Waals surface area contributed by atoms with Crippen LogP contribution >= 0.6 is 0 Å². The van der Waals surface area contributed by atoms with Crippen molar-refractivity contribution < 1.29 is 19.1 Å². The topological polar surface area (TPSA) is 72.5 Å². The first-order valence-corrected chi connectivity index (χ1v) is 4.06. The lowest BCUT2D eigenvalue weighted by Crippen LogP contribution is -2.32. The van der Waals surface area contributed by atoms with Gasteiger partial charge in [0.15, 0.2) is 0 Å². The SMILES string of the molecule is C=C(C)C(=O)OCCNC(=O)C(C)=O. The maximum atomic E-state index is 10.8. The van der Waals surface area contributed by atoms with Crippen LogP contribution in [-0.2, 0) is 19.1 Å². The fourth-order valence-corrected chi connectivity index (χ4v) is 0.556. The normalized spacial score (nSPS) is 9.00. The van der Waals surface area contributed by atoms with E-state index in [1.54, 1.807) is 0 Å². The second kappa shape index (κ2) is 5.90. The molecular formula is C9H13NO4. The maximum Gasteiger partial charge on any atom is 0.333 e. The number of hydrogen-bond acceptors (Lipinski definition) is 4. The fraction of sp³-hybridized carbons (Fsp3) is 0.444. The molecule has 0 aromatic heterocycles. The number of carbonyl (C=O) groups is 3. The van der Waals surface area contributed by atoms with Crippen LogP contribution in [0.25, 0.3) is 0 Å². The van der Waals surface area contributed by atoms with Gasteiger partial charge >= 0.3 is 5.97 Å². The van der Waals surface area contributed by atoms with Crippen LogP contribution in [0.2, 0.25) is 0 Å². The van der Waals surface area contributed by atoms with Gasteiger partial charge in [-0.3, -0.25) is 9.59 Å². The van der Waals surface area contributed by atoms with Crippen molar-refractivity contribution in [2.45, 2.75) is 13.8 Å². The monoisotopic (exact) mass is 199 g/mol. The lowest BCUT2D eigenvalue weighted by Gasteiger charge is -2.04. The van der Waals surface area contributed by atoms with Gasteiger partial charge in [0, 0.05) is 12.5 Å². The molecule has 78 valence electrons. The summed E-state index contributed by atoms with van der Waals surface area (Å²) in [6.45, 7) is 6.22. The molecular weight excluding hydrogens is 186 g/mol. The van der Waals surface area contributed by atoms with E-state index < -0.39 is 17.7 Å². The molecule has 0 rings (SSSR count). The van der Waals surface area contributed by atoms with Crippen molar-refractivity contribution in [3.8, 4) is 0 Å². The molecule has 5 heteroatoms. The molecule has 0 bridgehead atoms. The molecule has 0 aromatic rings. The van der Waals surface area contributed by atoms with E-state index in [-0.39, 0.29) is 13.2 Å². The first-order valence-electron chi connectivity index (χ1n) is 4.06. The van der Waals surface area contributed by atoms with Gasteiger partial charge in [-0.15, -0.1) is 0 Å². The smallest absolute Gasteiger partial charge is 0.333 e. The summed E-state index contributed by atoms with van der Waals surface area (Å²) < 4.78 is 4.67. The molecule has 14 heavy (non-hydrogen) atoms. The largest absolute Gasteiger partial charge is 0.460 e. The highest BCUT2D eigenvalue weighted by Crippen LogP contribution is 1.90. The van der Waals surface area contributed by atoms with Crippen LogP contribution in [0.5, 0.6) is 0 Å². The maximum absolute atomic E-state index is 10.8. The molecule has 0 saturated carbocycles. The predicted molar refractivity (Wildman–Crippen MR) is 49.5 cm³/mol. The first-order chi connectivity index (χ1) is 6.45. The van der Waals surface area contributed by atoms with Gasteiger partial charge in [-0.25, -0.2) is 4.79 Å². The van der Waals surface area contributed by atoms with Gasteiger partial charge in [0.2, 0.25) is 5.78 Å². The molecule has 0 aliphatic carbocycles. The van der Waals surface area contributed by atoms with Crippen molar-refractivity contribution in [3.63, 3.8) is 0 Å². The summed E-state index contributed by atoms with van der Waals surface area (Å²) in [6, 6.07) is 0. The third kappa shape index (κ3) is 5.08.